The number of carbonyl (C=O) groups excluding carboxylic acids is 2. The number of piperidine rings is 1. The molecule has 1 aliphatic rings. The standard InChI is InChI=1S/C21H25N3O2/c1-15-8-10-24(11-9-15)21(26)19-12-18(13-22-14-19)20(25)23-16(2)17-6-4-3-5-7-17/h3-7,12-16H,8-11H2,1-2H3,(H,23,25). The fourth-order valence-corrected chi connectivity index (χ4v) is 3.18. The summed E-state index contributed by atoms with van der Waals surface area (Å²) >= 11 is 0. The van der Waals surface area contributed by atoms with E-state index in [0.717, 1.165) is 31.5 Å². The summed E-state index contributed by atoms with van der Waals surface area (Å²) < 4.78 is 0. The Morgan fingerprint density at radius 1 is 1.12 bits per heavy atom. The summed E-state index contributed by atoms with van der Waals surface area (Å²) in [5, 5.41) is 2.96. The van der Waals surface area contributed by atoms with Gasteiger partial charge in [-0.1, -0.05) is 37.3 Å². The summed E-state index contributed by atoms with van der Waals surface area (Å²) in [5.41, 5.74) is 1.91. The van der Waals surface area contributed by atoms with E-state index in [1.807, 2.05) is 42.2 Å². The number of nitrogens with one attached hydrogen (secondary N) is 1. The first-order valence-corrected chi connectivity index (χ1v) is 9.14. The third-order valence-corrected chi connectivity index (χ3v) is 4.97. The lowest BCUT2D eigenvalue weighted by atomic mass is 9.98. The number of amides is 2. The van der Waals surface area contributed by atoms with Crippen molar-refractivity contribution in [3.8, 4) is 0 Å². The van der Waals surface area contributed by atoms with Crippen LogP contribution in [0.25, 0.3) is 0 Å². The van der Waals surface area contributed by atoms with Gasteiger partial charge in [0, 0.05) is 25.5 Å². The molecule has 26 heavy (non-hydrogen) atoms. The Hall–Kier alpha value is -2.69. The molecular formula is C21H25N3O2. The molecule has 0 aliphatic carbocycles. The molecule has 136 valence electrons. The van der Waals surface area contributed by atoms with E-state index < -0.39 is 0 Å². The van der Waals surface area contributed by atoms with Crippen molar-refractivity contribution in [2.24, 2.45) is 5.92 Å². The van der Waals surface area contributed by atoms with E-state index in [-0.39, 0.29) is 17.9 Å². The molecule has 5 heteroatoms. The normalized spacial score (nSPS) is 16.2. The summed E-state index contributed by atoms with van der Waals surface area (Å²) in [4.78, 5) is 31.2. The summed E-state index contributed by atoms with van der Waals surface area (Å²) in [7, 11) is 0. The Kier molecular flexibility index (Phi) is 5.66. The summed E-state index contributed by atoms with van der Waals surface area (Å²) in [6, 6.07) is 11.3. The molecule has 1 atom stereocenters. The second-order valence-corrected chi connectivity index (χ2v) is 7.04. The average Bonchev–Trinajstić information content (AvgIpc) is 2.68. The fourth-order valence-electron chi connectivity index (χ4n) is 3.18. The van der Waals surface area contributed by atoms with Crippen LogP contribution in [0.5, 0.6) is 0 Å². The molecule has 1 fully saturated rings. The van der Waals surface area contributed by atoms with E-state index in [1.54, 1.807) is 6.07 Å². The quantitative estimate of drug-likeness (QED) is 0.918. The molecule has 2 amide bonds. The predicted octanol–water partition coefficient (Wildman–Crippen LogP) is 3.44. The van der Waals surface area contributed by atoms with Crippen molar-refractivity contribution in [1.82, 2.24) is 15.2 Å². The molecule has 1 saturated heterocycles. The van der Waals surface area contributed by atoms with E-state index in [2.05, 4.69) is 17.2 Å². The lowest BCUT2D eigenvalue weighted by Gasteiger charge is -2.30. The molecule has 1 aromatic carbocycles. The van der Waals surface area contributed by atoms with Crippen molar-refractivity contribution >= 4 is 11.8 Å². The number of pyridine rings is 1. The van der Waals surface area contributed by atoms with Crippen LogP contribution in [-0.2, 0) is 0 Å². The molecule has 1 aliphatic heterocycles. The SMILES string of the molecule is CC1CCN(C(=O)c2cncc(C(=O)NC(C)c3ccccc3)c2)CC1. The van der Waals surface area contributed by atoms with Gasteiger partial charge in [-0.05, 0) is 37.3 Å². The number of carbonyl (C=O) groups is 2. The molecule has 0 bridgehead atoms. The molecule has 0 radical (unpaired) electrons. The highest BCUT2D eigenvalue weighted by atomic mass is 16.2. The molecule has 1 N–H and O–H groups in total. The van der Waals surface area contributed by atoms with Gasteiger partial charge in [0.1, 0.15) is 0 Å². The van der Waals surface area contributed by atoms with Crippen molar-refractivity contribution in [2.75, 3.05) is 13.1 Å². The van der Waals surface area contributed by atoms with Gasteiger partial charge in [0.25, 0.3) is 11.8 Å². The number of hydrogen-bond donors (Lipinski definition) is 1. The largest absolute Gasteiger partial charge is 0.345 e. The molecule has 1 unspecified atom stereocenters. The highest BCUT2D eigenvalue weighted by Crippen LogP contribution is 2.18. The van der Waals surface area contributed by atoms with Crippen LogP contribution < -0.4 is 5.32 Å². The maximum absolute atomic E-state index is 12.7. The van der Waals surface area contributed by atoms with Crippen LogP contribution in [0.2, 0.25) is 0 Å². The van der Waals surface area contributed by atoms with Gasteiger partial charge in [-0.15, -0.1) is 0 Å². The van der Waals surface area contributed by atoms with Gasteiger partial charge >= 0.3 is 0 Å². The highest BCUT2D eigenvalue weighted by molar-refractivity contribution is 5.99. The average molecular weight is 351 g/mol. The Morgan fingerprint density at radius 3 is 2.46 bits per heavy atom. The van der Waals surface area contributed by atoms with Crippen LogP contribution in [-0.4, -0.2) is 34.8 Å². The molecule has 0 spiro atoms. The van der Waals surface area contributed by atoms with Gasteiger partial charge in [0.2, 0.25) is 0 Å². The van der Waals surface area contributed by atoms with Crippen molar-refractivity contribution < 1.29 is 9.59 Å². The van der Waals surface area contributed by atoms with Gasteiger partial charge < -0.3 is 10.2 Å². The number of nitrogens with zero attached hydrogens (tertiary/aromatic N) is 2. The molecular weight excluding hydrogens is 326 g/mol. The zero-order chi connectivity index (χ0) is 18.5. The van der Waals surface area contributed by atoms with E-state index >= 15 is 0 Å². The number of rotatable bonds is 4. The van der Waals surface area contributed by atoms with Crippen LogP contribution in [0.3, 0.4) is 0 Å². The van der Waals surface area contributed by atoms with Crippen molar-refractivity contribution in [3.05, 3.63) is 65.5 Å². The summed E-state index contributed by atoms with van der Waals surface area (Å²) in [5.74, 6) is 0.389. The van der Waals surface area contributed by atoms with Crippen LogP contribution in [0.15, 0.2) is 48.8 Å². The first-order chi connectivity index (χ1) is 12.5. The molecule has 0 saturated carbocycles. The Bertz CT molecular complexity index is 768. The molecule has 3 rings (SSSR count). The van der Waals surface area contributed by atoms with Crippen LogP contribution in [0, 0.1) is 5.92 Å². The smallest absolute Gasteiger partial charge is 0.255 e. The number of aromatic nitrogens is 1. The van der Waals surface area contributed by atoms with Gasteiger partial charge in [-0.25, -0.2) is 0 Å². The minimum atomic E-state index is -0.226. The third kappa shape index (κ3) is 4.28. The van der Waals surface area contributed by atoms with E-state index in [0.29, 0.717) is 17.0 Å². The number of likely N-dealkylation sites (tertiary alicyclic amines) is 1. The molecule has 2 aromatic rings. The third-order valence-electron chi connectivity index (χ3n) is 4.97. The first-order valence-electron chi connectivity index (χ1n) is 9.14. The van der Waals surface area contributed by atoms with Crippen molar-refractivity contribution in [1.29, 1.82) is 0 Å². The summed E-state index contributed by atoms with van der Waals surface area (Å²) in [6.45, 7) is 5.68. The molecule has 1 aromatic heterocycles. The van der Waals surface area contributed by atoms with Crippen LogP contribution in [0.4, 0.5) is 0 Å². The van der Waals surface area contributed by atoms with Gasteiger partial charge in [-0.3, -0.25) is 14.6 Å². The minimum Gasteiger partial charge on any atom is -0.345 e. The zero-order valence-electron chi connectivity index (χ0n) is 15.3. The van der Waals surface area contributed by atoms with Crippen molar-refractivity contribution in [2.45, 2.75) is 32.7 Å². The second-order valence-electron chi connectivity index (χ2n) is 7.04. The monoisotopic (exact) mass is 351 g/mol. The Labute approximate surface area is 154 Å². The minimum absolute atomic E-state index is 0.0462. The number of benzene rings is 1. The predicted molar refractivity (Wildman–Crippen MR) is 101 cm³/mol. The Morgan fingerprint density at radius 2 is 1.77 bits per heavy atom. The van der Waals surface area contributed by atoms with Gasteiger partial charge in [0.05, 0.1) is 17.2 Å². The maximum Gasteiger partial charge on any atom is 0.255 e. The zero-order valence-corrected chi connectivity index (χ0v) is 15.3. The lowest BCUT2D eigenvalue weighted by Crippen LogP contribution is -2.38. The Balaban J connectivity index is 1.68. The fraction of sp³-hybridized carbons (Fsp3) is 0.381. The van der Waals surface area contributed by atoms with Crippen LogP contribution >= 0.6 is 0 Å². The van der Waals surface area contributed by atoms with E-state index in [1.165, 1.54) is 12.4 Å². The van der Waals surface area contributed by atoms with Crippen molar-refractivity contribution in [3.63, 3.8) is 0 Å². The maximum atomic E-state index is 12.7. The second kappa shape index (κ2) is 8.13. The molecule has 2 heterocycles. The topological polar surface area (TPSA) is 62.3 Å². The number of hydrogen-bond acceptors (Lipinski definition) is 3. The van der Waals surface area contributed by atoms with Crippen LogP contribution in [0.1, 0.15) is 59.0 Å². The van der Waals surface area contributed by atoms with E-state index in [9.17, 15) is 9.59 Å². The van der Waals surface area contributed by atoms with Gasteiger partial charge in [0.15, 0.2) is 0 Å². The first kappa shape index (κ1) is 18.1. The molecule has 5 nitrogen and oxygen atoms in total. The highest BCUT2D eigenvalue weighted by Gasteiger charge is 2.22. The summed E-state index contributed by atoms with van der Waals surface area (Å²) in [6.07, 6.45) is 5.09. The lowest BCUT2D eigenvalue weighted by molar-refractivity contribution is 0.0697. The van der Waals surface area contributed by atoms with E-state index in [4.69, 9.17) is 0 Å². The van der Waals surface area contributed by atoms with Gasteiger partial charge in [-0.2, -0.15) is 0 Å².